The summed E-state index contributed by atoms with van der Waals surface area (Å²) in [6.45, 7) is -0.396. The van der Waals surface area contributed by atoms with E-state index < -0.39 is 17.5 Å². The number of hydrogen-bond acceptors (Lipinski definition) is 7. The lowest BCUT2D eigenvalue weighted by molar-refractivity contribution is -0.385. The van der Waals surface area contributed by atoms with Crippen molar-refractivity contribution in [3.63, 3.8) is 0 Å². The second-order valence-corrected chi connectivity index (χ2v) is 3.56. The monoisotopic (exact) mass is 275 g/mol. The van der Waals surface area contributed by atoms with Crippen molar-refractivity contribution < 1.29 is 19.2 Å². The Bertz CT molecular complexity index is 600. The van der Waals surface area contributed by atoms with Gasteiger partial charge < -0.3 is 9.47 Å². The van der Waals surface area contributed by atoms with E-state index in [4.69, 9.17) is 9.47 Å². The van der Waals surface area contributed by atoms with Gasteiger partial charge in [0.1, 0.15) is 18.1 Å². The van der Waals surface area contributed by atoms with Gasteiger partial charge in [-0.15, -0.1) is 0 Å². The van der Waals surface area contributed by atoms with Crippen molar-refractivity contribution in [1.82, 2.24) is 9.97 Å². The number of para-hydroxylation sites is 1. The summed E-state index contributed by atoms with van der Waals surface area (Å²) in [6.07, 6.45) is 1.98. The molecule has 0 spiro atoms. The van der Waals surface area contributed by atoms with Crippen molar-refractivity contribution in [2.75, 3.05) is 6.61 Å². The number of hydrogen-bond donors (Lipinski definition) is 0. The Balaban J connectivity index is 1.85. The number of nitro groups is 1. The first-order chi connectivity index (χ1) is 9.65. The van der Waals surface area contributed by atoms with Gasteiger partial charge in [-0.2, -0.15) is 9.97 Å². The van der Waals surface area contributed by atoms with E-state index in [1.807, 2.05) is 0 Å². The molecule has 102 valence electrons. The number of benzene rings is 1. The first-order valence-corrected chi connectivity index (χ1v) is 5.50. The van der Waals surface area contributed by atoms with E-state index in [0.29, 0.717) is 5.75 Å². The molecular formula is C12H9N3O5. The number of rotatable bonds is 5. The van der Waals surface area contributed by atoms with Crippen molar-refractivity contribution in [3.8, 4) is 11.8 Å². The minimum Gasteiger partial charge on any atom is -0.451 e. The molecule has 0 aliphatic heterocycles. The minimum atomic E-state index is -0.632. The Kier molecular flexibility index (Phi) is 4.17. The molecule has 20 heavy (non-hydrogen) atoms. The second-order valence-electron chi connectivity index (χ2n) is 3.56. The van der Waals surface area contributed by atoms with Crippen LogP contribution in [0.4, 0.5) is 5.69 Å². The maximum Gasteiger partial charge on any atom is 0.349 e. The maximum atomic E-state index is 11.4. The Labute approximate surface area is 113 Å². The third-order valence-corrected chi connectivity index (χ3v) is 2.12. The van der Waals surface area contributed by atoms with Crippen molar-refractivity contribution >= 4 is 11.7 Å². The normalized spacial score (nSPS) is 9.80. The highest BCUT2D eigenvalue weighted by Gasteiger charge is 2.10. The van der Waals surface area contributed by atoms with Crippen LogP contribution in [0.5, 0.6) is 11.8 Å². The van der Waals surface area contributed by atoms with E-state index in [9.17, 15) is 14.9 Å². The number of nitrogens with zero attached hydrogens (tertiary/aromatic N) is 3. The molecule has 0 aliphatic rings. The summed E-state index contributed by atoms with van der Waals surface area (Å²) < 4.78 is 9.93. The predicted molar refractivity (Wildman–Crippen MR) is 66.3 cm³/mol. The van der Waals surface area contributed by atoms with Crippen LogP contribution in [-0.4, -0.2) is 27.5 Å². The Hall–Kier alpha value is -3.03. The maximum absolute atomic E-state index is 11.4. The van der Waals surface area contributed by atoms with Gasteiger partial charge in [0, 0.05) is 0 Å². The molecule has 2 aromatic rings. The lowest BCUT2D eigenvalue weighted by Gasteiger charge is -2.04. The number of carbonyl (C=O) groups is 1. The molecule has 0 bridgehead atoms. The van der Waals surface area contributed by atoms with Gasteiger partial charge >= 0.3 is 17.7 Å². The van der Waals surface area contributed by atoms with Gasteiger partial charge in [0.15, 0.2) is 6.61 Å². The molecule has 0 fully saturated rings. The summed E-state index contributed by atoms with van der Waals surface area (Å²) in [5, 5.41) is 10.4. The van der Waals surface area contributed by atoms with Crippen LogP contribution in [0.25, 0.3) is 0 Å². The summed E-state index contributed by atoms with van der Waals surface area (Å²) in [7, 11) is 0. The second kappa shape index (κ2) is 6.23. The van der Waals surface area contributed by atoms with Crippen LogP contribution < -0.4 is 9.47 Å². The molecule has 1 heterocycles. The van der Waals surface area contributed by atoms with Gasteiger partial charge in [-0.3, -0.25) is 10.1 Å². The number of esters is 1. The fourth-order valence-corrected chi connectivity index (χ4v) is 1.25. The zero-order valence-electron chi connectivity index (χ0n) is 10.1. The molecule has 8 nitrogen and oxygen atoms in total. The summed E-state index contributed by atoms with van der Waals surface area (Å²) in [5.41, 5.74) is -0.260. The highest BCUT2D eigenvalue weighted by molar-refractivity contribution is 5.73. The first-order valence-electron chi connectivity index (χ1n) is 5.50. The smallest absolute Gasteiger partial charge is 0.349 e. The zero-order chi connectivity index (χ0) is 14.4. The quantitative estimate of drug-likeness (QED) is 0.351. The van der Waals surface area contributed by atoms with Crippen LogP contribution in [0.3, 0.4) is 0 Å². The van der Waals surface area contributed by atoms with E-state index in [1.165, 1.54) is 0 Å². The minimum absolute atomic E-state index is 0.138. The molecule has 0 saturated heterocycles. The summed E-state index contributed by atoms with van der Waals surface area (Å²) in [4.78, 5) is 28.4. The van der Waals surface area contributed by atoms with E-state index in [-0.39, 0.29) is 11.7 Å². The third-order valence-electron chi connectivity index (χ3n) is 2.12. The molecule has 0 radical (unpaired) electrons. The standard InChI is InChI=1S/C12H9N3O5/c16-11(20-10-4-2-1-3-5-10)8-19-12-13-6-9(7-14-12)15(17)18/h1-7H,8H2. The molecule has 1 aromatic heterocycles. The third kappa shape index (κ3) is 3.73. The molecule has 1 aromatic carbocycles. The highest BCUT2D eigenvalue weighted by atomic mass is 16.6. The Morgan fingerprint density at radius 2 is 1.85 bits per heavy atom. The fourth-order valence-electron chi connectivity index (χ4n) is 1.25. The van der Waals surface area contributed by atoms with Crippen molar-refractivity contribution in [3.05, 3.63) is 52.8 Å². The predicted octanol–water partition coefficient (Wildman–Crippen LogP) is 1.37. The zero-order valence-corrected chi connectivity index (χ0v) is 10.1. The van der Waals surface area contributed by atoms with Crippen LogP contribution in [0.15, 0.2) is 42.7 Å². The van der Waals surface area contributed by atoms with Crippen LogP contribution in [0.2, 0.25) is 0 Å². The fraction of sp³-hybridized carbons (Fsp3) is 0.0833. The first kappa shape index (κ1) is 13.4. The van der Waals surface area contributed by atoms with Gasteiger partial charge in [-0.1, -0.05) is 18.2 Å². The van der Waals surface area contributed by atoms with Crippen LogP contribution >= 0.6 is 0 Å². The van der Waals surface area contributed by atoms with E-state index >= 15 is 0 Å². The van der Waals surface area contributed by atoms with Crippen LogP contribution in [0.1, 0.15) is 0 Å². The molecule has 2 rings (SSSR count). The van der Waals surface area contributed by atoms with Gasteiger partial charge in [0.2, 0.25) is 0 Å². The average molecular weight is 275 g/mol. The van der Waals surface area contributed by atoms with Crippen molar-refractivity contribution in [1.29, 1.82) is 0 Å². The lowest BCUT2D eigenvalue weighted by atomic mass is 10.3. The SMILES string of the molecule is O=C(COc1ncc([N+](=O)[O-])cn1)Oc1ccccc1. The molecule has 0 amide bonds. The highest BCUT2D eigenvalue weighted by Crippen LogP contribution is 2.10. The van der Waals surface area contributed by atoms with E-state index in [2.05, 4.69) is 9.97 Å². The number of carbonyl (C=O) groups excluding carboxylic acids is 1. The summed E-state index contributed by atoms with van der Waals surface area (Å²) >= 11 is 0. The number of aromatic nitrogens is 2. The molecule has 0 saturated carbocycles. The Morgan fingerprint density at radius 3 is 2.45 bits per heavy atom. The van der Waals surface area contributed by atoms with E-state index in [0.717, 1.165) is 12.4 Å². The molecule has 0 unspecified atom stereocenters. The van der Waals surface area contributed by atoms with Crippen LogP contribution in [0, 0.1) is 10.1 Å². The number of ether oxygens (including phenoxy) is 2. The molecule has 8 heteroatoms. The Morgan fingerprint density at radius 1 is 1.20 bits per heavy atom. The average Bonchev–Trinajstić information content (AvgIpc) is 2.46. The van der Waals surface area contributed by atoms with E-state index in [1.54, 1.807) is 30.3 Å². The molecular weight excluding hydrogens is 266 g/mol. The topological polar surface area (TPSA) is 104 Å². The summed E-state index contributed by atoms with van der Waals surface area (Å²) in [6, 6.07) is 8.35. The van der Waals surface area contributed by atoms with Crippen molar-refractivity contribution in [2.45, 2.75) is 0 Å². The van der Waals surface area contributed by atoms with Gasteiger partial charge in [0.25, 0.3) is 0 Å². The van der Waals surface area contributed by atoms with Gasteiger partial charge in [0.05, 0.1) is 4.92 Å². The molecule has 0 aliphatic carbocycles. The van der Waals surface area contributed by atoms with Gasteiger partial charge in [-0.25, -0.2) is 4.79 Å². The molecule has 0 N–H and O–H groups in total. The lowest BCUT2D eigenvalue weighted by Crippen LogP contribution is -2.18. The summed E-state index contributed by atoms with van der Waals surface area (Å²) in [5.74, 6) is -0.233. The van der Waals surface area contributed by atoms with Gasteiger partial charge in [-0.05, 0) is 12.1 Å². The largest absolute Gasteiger partial charge is 0.451 e. The molecule has 0 atom stereocenters. The van der Waals surface area contributed by atoms with Crippen LogP contribution in [-0.2, 0) is 4.79 Å². The van der Waals surface area contributed by atoms with Crippen molar-refractivity contribution in [2.24, 2.45) is 0 Å².